The third-order valence-corrected chi connectivity index (χ3v) is 6.27. The van der Waals surface area contributed by atoms with Crippen molar-refractivity contribution >= 4 is 15.7 Å². The normalized spacial score (nSPS) is 15.8. The van der Waals surface area contributed by atoms with Gasteiger partial charge in [0.1, 0.15) is 0 Å². The van der Waals surface area contributed by atoms with Crippen LogP contribution >= 0.6 is 0 Å². The standard InChI is InChI=1S/C21H29N3O2S/c1-19-7-5-10-21(17-19)24-15-13-23(14-16-24)12-6-11-22-27(25,26)18-20-8-3-2-4-9-20/h2-5,7-10,17,22H,6,11-16,18H2,1H3. The van der Waals surface area contributed by atoms with Gasteiger partial charge in [-0.15, -0.1) is 0 Å². The topological polar surface area (TPSA) is 52.6 Å². The molecule has 1 fully saturated rings. The van der Waals surface area contributed by atoms with Crippen LogP contribution in [0.3, 0.4) is 0 Å². The van der Waals surface area contributed by atoms with Crippen LogP contribution in [0.4, 0.5) is 5.69 Å². The quantitative estimate of drug-likeness (QED) is 0.708. The number of hydrogen-bond acceptors (Lipinski definition) is 4. The lowest BCUT2D eigenvalue weighted by atomic mass is 10.2. The Labute approximate surface area is 163 Å². The zero-order chi connectivity index (χ0) is 19.1. The van der Waals surface area contributed by atoms with Crippen LogP contribution in [0.2, 0.25) is 0 Å². The van der Waals surface area contributed by atoms with Crippen LogP contribution in [0, 0.1) is 6.92 Å². The highest BCUT2D eigenvalue weighted by atomic mass is 32.2. The van der Waals surface area contributed by atoms with E-state index in [2.05, 4.69) is 45.7 Å². The maximum atomic E-state index is 12.1. The lowest BCUT2D eigenvalue weighted by molar-refractivity contribution is 0.255. The van der Waals surface area contributed by atoms with Crippen molar-refractivity contribution in [3.05, 3.63) is 65.7 Å². The Kier molecular flexibility index (Phi) is 6.88. The first-order valence-electron chi connectivity index (χ1n) is 9.57. The highest BCUT2D eigenvalue weighted by Gasteiger charge is 2.17. The van der Waals surface area contributed by atoms with Gasteiger partial charge in [0.15, 0.2) is 0 Å². The van der Waals surface area contributed by atoms with Gasteiger partial charge in [-0.1, -0.05) is 42.5 Å². The molecule has 0 aliphatic carbocycles. The second kappa shape index (κ2) is 9.35. The SMILES string of the molecule is Cc1cccc(N2CCN(CCCNS(=O)(=O)Cc3ccccc3)CC2)c1. The molecule has 146 valence electrons. The summed E-state index contributed by atoms with van der Waals surface area (Å²) in [6.07, 6.45) is 0.832. The van der Waals surface area contributed by atoms with Crippen molar-refractivity contribution in [2.24, 2.45) is 0 Å². The van der Waals surface area contributed by atoms with Crippen LogP contribution in [0.1, 0.15) is 17.5 Å². The fraction of sp³-hybridized carbons (Fsp3) is 0.429. The molecular weight excluding hydrogens is 358 g/mol. The van der Waals surface area contributed by atoms with Crippen LogP contribution in [0.5, 0.6) is 0 Å². The molecule has 1 N–H and O–H groups in total. The molecule has 1 aliphatic heterocycles. The maximum absolute atomic E-state index is 12.1. The van der Waals surface area contributed by atoms with E-state index in [1.165, 1.54) is 11.3 Å². The third kappa shape index (κ3) is 6.34. The summed E-state index contributed by atoms with van der Waals surface area (Å²) in [5.74, 6) is 0.0446. The van der Waals surface area contributed by atoms with Gasteiger partial charge < -0.3 is 4.90 Å². The summed E-state index contributed by atoms with van der Waals surface area (Å²) in [6.45, 7) is 7.61. The molecule has 1 saturated heterocycles. The molecule has 0 saturated carbocycles. The van der Waals surface area contributed by atoms with Gasteiger partial charge in [0.05, 0.1) is 5.75 Å². The summed E-state index contributed by atoms with van der Waals surface area (Å²) in [5.41, 5.74) is 3.40. The average molecular weight is 388 g/mol. The molecule has 2 aromatic rings. The lowest BCUT2D eigenvalue weighted by Crippen LogP contribution is -2.47. The number of rotatable bonds is 8. The van der Waals surface area contributed by atoms with Gasteiger partial charge in [-0.3, -0.25) is 4.90 Å². The first-order valence-corrected chi connectivity index (χ1v) is 11.2. The van der Waals surface area contributed by atoms with Crippen molar-refractivity contribution < 1.29 is 8.42 Å². The van der Waals surface area contributed by atoms with Gasteiger partial charge >= 0.3 is 0 Å². The summed E-state index contributed by atoms with van der Waals surface area (Å²) >= 11 is 0. The molecule has 0 atom stereocenters. The van der Waals surface area contributed by atoms with Crippen molar-refractivity contribution in [2.45, 2.75) is 19.1 Å². The van der Waals surface area contributed by atoms with E-state index in [1.54, 1.807) is 0 Å². The summed E-state index contributed by atoms with van der Waals surface area (Å²) in [7, 11) is -3.26. The minimum absolute atomic E-state index is 0.0446. The van der Waals surface area contributed by atoms with Crippen molar-refractivity contribution in [1.82, 2.24) is 9.62 Å². The van der Waals surface area contributed by atoms with Gasteiger partial charge in [0.25, 0.3) is 0 Å². The minimum Gasteiger partial charge on any atom is -0.369 e. The Morgan fingerprint density at radius 1 is 0.963 bits per heavy atom. The molecule has 5 nitrogen and oxygen atoms in total. The summed E-state index contributed by atoms with van der Waals surface area (Å²) in [5, 5.41) is 0. The number of aryl methyl sites for hydroxylation is 1. The van der Waals surface area contributed by atoms with Gasteiger partial charge in [-0.25, -0.2) is 13.1 Å². The summed E-state index contributed by atoms with van der Waals surface area (Å²) in [6, 6.07) is 17.9. The van der Waals surface area contributed by atoms with E-state index in [-0.39, 0.29) is 5.75 Å². The van der Waals surface area contributed by atoms with Crippen LogP contribution in [-0.4, -0.2) is 52.6 Å². The number of anilines is 1. The average Bonchev–Trinajstić information content (AvgIpc) is 2.66. The van der Waals surface area contributed by atoms with Crippen LogP contribution in [0.25, 0.3) is 0 Å². The molecule has 3 rings (SSSR count). The van der Waals surface area contributed by atoms with E-state index in [9.17, 15) is 8.42 Å². The largest absolute Gasteiger partial charge is 0.369 e. The Bertz CT molecular complexity index is 816. The molecule has 6 heteroatoms. The third-order valence-electron chi connectivity index (χ3n) is 4.91. The smallest absolute Gasteiger partial charge is 0.215 e. The second-order valence-corrected chi connectivity index (χ2v) is 8.97. The molecule has 0 unspecified atom stereocenters. The van der Waals surface area contributed by atoms with E-state index >= 15 is 0 Å². The highest BCUT2D eigenvalue weighted by molar-refractivity contribution is 7.88. The molecule has 2 aromatic carbocycles. The predicted molar refractivity (Wildman–Crippen MR) is 112 cm³/mol. The minimum atomic E-state index is -3.26. The van der Waals surface area contributed by atoms with E-state index in [0.717, 1.165) is 44.7 Å². The fourth-order valence-corrected chi connectivity index (χ4v) is 4.62. The number of nitrogens with zero attached hydrogens (tertiary/aromatic N) is 2. The highest BCUT2D eigenvalue weighted by Crippen LogP contribution is 2.17. The molecule has 0 radical (unpaired) electrons. The Morgan fingerprint density at radius 3 is 2.41 bits per heavy atom. The predicted octanol–water partition coefficient (Wildman–Crippen LogP) is 2.63. The summed E-state index contributed by atoms with van der Waals surface area (Å²) < 4.78 is 27.0. The van der Waals surface area contributed by atoms with Gasteiger partial charge in [-0.05, 0) is 43.1 Å². The Balaban J connectivity index is 1.36. The maximum Gasteiger partial charge on any atom is 0.215 e. The van der Waals surface area contributed by atoms with Crippen LogP contribution < -0.4 is 9.62 Å². The molecule has 1 heterocycles. The molecule has 1 aliphatic rings. The first-order chi connectivity index (χ1) is 13.0. The molecule has 0 aromatic heterocycles. The van der Waals surface area contributed by atoms with Gasteiger partial charge in [-0.2, -0.15) is 0 Å². The number of hydrogen-bond donors (Lipinski definition) is 1. The second-order valence-electron chi connectivity index (χ2n) is 7.16. The fourth-order valence-electron chi connectivity index (χ4n) is 3.43. The number of nitrogens with one attached hydrogen (secondary N) is 1. The monoisotopic (exact) mass is 387 g/mol. The van der Waals surface area contributed by atoms with Crippen molar-refractivity contribution in [1.29, 1.82) is 0 Å². The van der Waals surface area contributed by atoms with E-state index < -0.39 is 10.0 Å². The van der Waals surface area contributed by atoms with E-state index in [4.69, 9.17) is 0 Å². The lowest BCUT2D eigenvalue weighted by Gasteiger charge is -2.36. The summed E-state index contributed by atoms with van der Waals surface area (Å²) in [4.78, 5) is 4.84. The molecule has 27 heavy (non-hydrogen) atoms. The van der Waals surface area contributed by atoms with Crippen molar-refractivity contribution in [2.75, 3.05) is 44.2 Å². The Morgan fingerprint density at radius 2 is 1.70 bits per heavy atom. The van der Waals surface area contributed by atoms with Crippen molar-refractivity contribution in [3.8, 4) is 0 Å². The molecule has 0 amide bonds. The van der Waals surface area contributed by atoms with Crippen molar-refractivity contribution in [3.63, 3.8) is 0 Å². The number of piperazine rings is 1. The van der Waals surface area contributed by atoms with E-state index in [0.29, 0.717) is 6.54 Å². The van der Waals surface area contributed by atoms with Gasteiger partial charge in [0.2, 0.25) is 10.0 Å². The molecule has 0 spiro atoms. The molecular formula is C21H29N3O2S. The van der Waals surface area contributed by atoms with Crippen LogP contribution in [-0.2, 0) is 15.8 Å². The van der Waals surface area contributed by atoms with Crippen LogP contribution in [0.15, 0.2) is 54.6 Å². The number of sulfonamides is 1. The van der Waals surface area contributed by atoms with E-state index in [1.807, 2.05) is 30.3 Å². The molecule has 0 bridgehead atoms. The Hall–Kier alpha value is -1.89. The first kappa shape index (κ1) is 19.9. The number of benzene rings is 2. The van der Waals surface area contributed by atoms with Gasteiger partial charge in [0, 0.05) is 38.4 Å². The zero-order valence-electron chi connectivity index (χ0n) is 16.0. The zero-order valence-corrected chi connectivity index (χ0v) is 16.8.